The number of nitrogens with zero attached hydrogens (tertiary/aromatic N) is 3. The third kappa shape index (κ3) is 12.8. The van der Waals surface area contributed by atoms with Crippen LogP contribution < -0.4 is 16.0 Å². The van der Waals surface area contributed by atoms with Crippen molar-refractivity contribution in [3.8, 4) is 0 Å². The molecule has 75 heavy (non-hydrogen) atoms. The molecule has 15 heteroatoms. The molecule has 4 aromatic rings. The van der Waals surface area contributed by atoms with E-state index >= 15 is 0 Å². The molecule has 0 saturated carbocycles. The Balaban J connectivity index is 0.000000188. The summed E-state index contributed by atoms with van der Waals surface area (Å²) in [6, 6.07) is 34.8. The molecule has 404 valence electrons. The van der Waals surface area contributed by atoms with Gasteiger partial charge in [0.05, 0.1) is 38.3 Å². The number of carbonyl (C=O) groups is 6. The number of aliphatic carboxylic acids is 1. The lowest BCUT2D eigenvalue weighted by Crippen LogP contribution is -2.46. The van der Waals surface area contributed by atoms with Crippen molar-refractivity contribution in [3.63, 3.8) is 0 Å². The van der Waals surface area contributed by atoms with Crippen molar-refractivity contribution in [2.24, 2.45) is 0 Å². The molecule has 15 nitrogen and oxygen atoms in total. The Bertz CT molecular complexity index is 2710. The van der Waals surface area contributed by atoms with Crippen molar-refractivity contribution >= 4 is 35.8 Å². The zero-order valence-corrected chi connectivity index (χ0v) is 44.6. The second-order valence-corrected chi connectivity index (χ2v) is 22.6. The van der Waals surface area contributed by atoms with Gasteiger partial charge >= 0.3 is 18.0 Å². The molecule has 10 rings (SSSR count). The van der Waals surface area contributed by atoms with E-state index in [9.17, 15) is 28.8 Å². The minimum atomic E-state index is -0.765. The molecule has 3 fully saturated rings. The Morgan fingerprint density at radius 3 is 1.32 bits per heavy atom. The molecule has 3 spiro atoms. The summed E-state index contributed by atoms with van der Waals surface area (Å²) in [7, 11) is 1.43. The van der Waals surface area contributed by atoms with Crippen molar-refractivity contribution in [3.05, 3.63) is 142 Å². The Morgan fingerprint density at radius 1 is 0.560 bits per heavy atom. The van der Waals surface area contributed by atoms with Gasteiger partial charge in [0.15, 0.2) is 0 Å². The number of benzene rings is 4. The van der Waals surface area contributed by atoms with Crippen molar-refractivity contribution < 1.29 is 46.2 Å². The van der Waals surface area contributed by atoms with Gasteiger partial charge in [-0.15, -0.1) is 0 Å². The highest BCUT2D eigenvalue weighted by molar-refractivity contribution is 5.94. The molecule has 0 bridgehead atoms. The summed E-state index contributed by atoms with van der Waals surface area (Å²) in [6.07, 6.45) is 8.19. The third-order valence-electron chi connectivity index (χ3n) is 16.5. The van der Waals surface area contributed by atoms with Crippen LogP contribution in [0.4, 0.5) is 4.79 Å². The molecule has 3 aliphatic heterocycles. The summed E-state index contributed by atoms with van der Waals surface area (Å²) in [6.45, 7) is 14.0. The molecule has 0 radical (unpaired) electrons. The fourth-order valence-corrected chi connectivity index (χ4v) is 13.0. The minimum absolute atomic E-state index is 0. The molecule has 3 aliphatic carbocycles. The SMILES string of the molecule is CC(=O)N[C@H]1CC2(CCN(CC(=O)O)CC2)c2ccccc21.CC(C)(C)OC(=O)N1CCC2(CC1)C[C@H](NC(=O)c1ccccc1)c1ccccc12.COC(=O)CN1CCC2(CC1)C[C@H](NC(C)=O)c1ccccc12.[HH].[HH]. The van der Waals surface area contributed by atoms with Crippen LogP contribution >= 0.6 is 0 Å². The maximum absolute atomic E-state index is 12.8. The normalized spacial score (nSPS) is 21.7. The number of likely N-dealkylation sites (tertiary alicyclic amines) is 3. The van der Waals surface area contributed by atoms with Crippen LogP contribution in [0.15, 0.2) is 103 Å². The van der Waals surface area contributed by atoms with Gasteiger partial charge in [0.2, 0.25) is 11.8 Å². The first-order chi connectivity index (χ1) is 35.8. The lowest BCUT2D eigenvalue weighted by Gasteiger charge is -2.40. The standard InChI is InChI=1S/C25H30N2O3.C18H24N2O3.C17H22N2O3.2H2/c1-24(2,3)30-23(29)27-15-13-25(14-16-27)17-21(19-11-7-8-12-20(19)25)26-22(28)18-9-5-4-6-10-18;1-13(21)19-16-11-18(15-6-4-3-5-14(15)16)7-9-20(10-8-18)12-17(22)23-2;1-12(20)18-15-10-17(14-5-3-2-4-13(14)15)6-8-19(9-7-17)11-16(21)22;;/h4-12,21H,13-17H2,1-3H3,(H,26,28);3-6,16H,7-12H2,1-2H3,(H,19,21);2-5,15H,6-11H2,1H3,(H,18,20)(H,21,22);2*1H/t21-;16-;15-;;/m000../s1. The molecule has 6 aliphatic rings. The number of carboxylic acids is 1. The molecule has 4 amide bonds. The molecule has 3 saturated heterocycles. The van der Waals surface area contributed by atoms with E-state index in [0.29, 0.717) is 25.2 Å². The average molecular weight is 1030 g/mol. The van der Waals surface area contributed by atoms with Gasteiger partial charge in [0.25, 0.3) is 5.91 Å². The lowest BCUT2D eigenvalue weighted by atomic mass is 9.73. The van der Waals surface area contributed by atoms with E-state index in [1.165, 1.54) is 40.5 Å². The second-order valence-electron chi connectivity index (χ2n) is 22.6. The Labute approximate surface area is 445 Å². The highest BCUT2D eigenvalue weighted by Crippen LogP contribution is 2.53. The zero-order valence-electron chi connectivity index (χ0n) is 44.6. The lowest BCUT2D eigenvalue weighted by molar-refractivity contribution is -0.142. The van der Waals surface area contributed by atoms with Gasteiger partial charge in [-0.25, -0.2) is 4.79 Å². The number of methoxy groups -OCH3 is 1. The first-order valence-electron chi connectivity index (χ1n) is 26.7. The molecular formula is C60H80N6O9. The molecule has 0 unspecified atom stereocenters. The molecular weight excluding hydrogens is 949 g/mol. The first kappa shape index (κ1) is 54.7. The van der Waals surface area contributed by atoms with E-state index in [4.69, 9.17) is 14.6 Å². The van der Waals surface area contributed by atoms with E-state index < -0.39 is 11.6 Å². The van der Waals surface area contributed by atoms with E-state index in [1.54, 1.807) is 13.8 Å². The molecule has 4 aromatic carbocycles. The Hall–Kier alpha value is -6.58. The molecule has 0 aromatic heterocycles. The maximum atomic E-state index is 12.8. The maximum Gasteiger partial charge on any atom is 0.410 e. The number of hydrogen-bond acceptors (Lipinski definition) is 10. The number of carboxylic acid groups (broad SMARTS) is 1. The van der Waals surface area contributed by atoms with Gasteiger partial charge in [0, 0.05) is 51.6 Å². The number of carbonyl (C=O) groups excluding carboxylic acids is 5. The van der Waals surface area contributed by atoms with Gasteiger partial charge in [-0.05, 0) is 150 Å². The predicted molar refractivity (Wildman–Crippen MR) is 290 cm³/mol. The Kier molecular flexibility index (Phi) is 16.9. The fraction of sp³-hybridized carbons (Fsp3) is 0.500. The minimum Gasteiger partial charge on any atom is -0.480 e. The van der Waals surface area contributed by atoms with Crippen molar-refractivity contribution in [1.82, 2.24) is 30.7 Å². The van der Waals surface area contributed by atoms with Crippen LogP contribution in [0.3, 0.4) is 0 Å². The largest absolute Gasteiger partial charge is 0.480 e. The van der Waals surface area contributed by atoms with Crippen LogP contribution in [0.5, 0.6) is 0 Å². The topological polar surface area (TPSA) is 187 Å². The van der Waals surface area contributed by atoms with Gasteiger partial charge in [-0.2, -0.15) is 0 Å². The summed E-state index contributed by atoms with van der Waals surface area (Å²) < 4.78 is 10.3. The van der Waals surface area contributed by atoms with Crippen LogP contribution in [0.2, 0.25) is 0 Å². The van der Waals surface area contributed by atoms with Crippen LogP contribution in [0.25, 0.3) is 0 Å². The zero-order chi connectivity index (χ0) is 53.5. The molecule has 3 atom stereocenters. The number of fused-ring (bicyclic) bond motifs is 6. The number of rotatable bonds is 8. The average Bonchev–Trinajstić information content (AvgIpc) is 4.06. The quantitative estimate of drug-likeness (QED) is 0.124. The highest BCUT2D eigenvalue weighted by atomic mass is 16.6. The van der Waals surface area contributed by atoms with Crippen molar-refractivity contribution in [2.75, 3.05) is 59.5 Å². The highest BCUT2D eigenvalue weighted by Gasteiger charge is 2.49. The second kappa shape index (κ2) is 23.1. The van der Waals surface area contributed by atoms with Crippen LogP contribution in [-0.2, 0) is 44.9 Å². The summed E-state index contributed by atoms with van der Waals surface area (Å²) >= 11 is 0. The number of hydrogen-bond donors (Lipinski definition) is 4. The summed E-state index contributed by atoms with van der Waals surface area (Å²) in [5.41, 5.74) is 8.08. The van der Waals surface area contributed by atoms with Crippen LogP contribution in [0.1, 0.15) is 157 Å². The summed E-state index contributed by atoms with van der Waals surface area (Å²) in [4.78, 5) is 76.5. The van der Waals surface area contributed by atoms with Gasteiger partial charge in [0.1, 0.15) is 5.60 Å². The number of nitrogens with one attached hydrogen (secondary N) is 3. The van der Waals surface area contributed by atoms with E-state index in [-0.39, 0.29) is 73.6 Å². The van der Waals surface area contributed by atoms with Gasteiger partial charge < -0.3 is 35.4 Å². The van der Waals surface area contributed by atoms with Crippen LogP contribution in [0, 0.1) is 0 Å². The van der Waals surface area contributed by atoms with Crippen LogP contribution in [-0.4, -0.2) is 121 Å². The Morgan fingerprint density at radius 2 is 0.933 bits per heavy atom. The summed E-state index contributed by atoms with van der Waals surface area (Å²) in [5, 5.41) is 18.3. The monoisotopic (exact) mass is 1030 g/mol. The number of piperidine rings is 3. The molecule has 4 N–H and O–H groups in total. The third-order valence-corrected chi connectivity index (χ3v) is 16.5. The van der Waals surface area contributed by atoms with Crippen molar-refractivity contribution in [2.45, 2.75) is 132 Å². The molecule has 3 heterocycles. The number of esters is 1. The first-order valence-corrected chi connectivity index (χ1v) is 26.7. The van der Waals surface area contributed by atoms with Crippen molar-refractivity contribution in [1.29, 1.82) is 0 Å². The van der Waals surface area contributed by atoms with Gasteiger partial charge in [-0.1, -0.05) is 91.0 Å². The van der Waals surface area contributed by atoms with E-state index in [0.717, 1.165) is 84.0 Å². The smallest absolute Gasteiger partial charge is 0.410 e. The van der Waals surface area contributed by atoms with E-state index in [1.807, 2.05) is 79.1 Å². The summed E-state index contributed by atoms with van der Waals surface area (Å²) in [5.74, 6) is -0.966. The predicted octanol–water partition coefficient (Wildman–Crippen LogP) is 8.78. The van der Waals surface area contributed by atoms with Gasteiger partial charge in [-0.3, -0.25) is 33.8 Å². The number of amides is 4. The number of ether oxygens (including phenoxy) is 2. The fourth-order valence-electron chi connectivity index (χ4n) is 13.0. The van der Waals surface area contributed by atoms with E-state index in [2.05, 4.69) is 75.4 Å².